The van der Waals surface area contributed by atoms with Crippen LogP contribution in [0.5, 0.6) is 0 Å². The molecule has 0 N–H and O–H groups in total. The van der Waals surface area contributed by atoms with Crippen molar-refractivity contribution in [3.63, 3.8) is 0 Å². The molecule has 0 spiro atoms. The standard InChI is InChI=1S/C13H26BN2O3/c1-10(2)17-14(18-11(3)4,19-12(5)6)13-15-8-9-16(13)7/h8-12H,1-7H3/q-1. The van der Waals surface area contributed by atoms with Crippen LogP contribution < -0.4 is 5.72 Å². The van der Waals surface area contributed by atoms with Gasteiger partial charge in [0.1, 0.15) is 0 Å². The molecule has 1 heterocycles. The van der Waals surface area contributed by atoms with Crippen LogP contribution in [0.3, 0.4) is 0 Å². The van der Waals surface area contributed by atoms with Crippen molar-refractivity contribution < 1.29 is 14.0 Å². The summed E-state index contributed by atoms with van der Waals surface area (Å²) in [5, 5.41) is 0. The second-order valence-electron chi connectivity index (χ2n) is 5.59. The first-order valence-corrected chi connectivity index (χ1v) is 6.91. The van der Waals surface area contributed by atoms with Gasteiger partial charge in [-0.2, -0.15) is 0 Å². The molecule has 0 aliphatic carbocycles. The lowest BCUT2D eigenvalue weighted by molar-refractivity contribution is 0.0135. The average Bonchev–Trinajstić information content (AvgIpc) is 2.61. The SMILES string of the molecule is CC(C)O[B-](OC(C)C)(OC(C)C)c1nccn1C. The summed E-state index contributed by atoms with van der Waals surface area (Å²) in [5.74, 6) is 0. The number of rotatable bonds is 7. The first-order valence-electron chi connectivity index (χ1n) is 6.91. The molecule has 1 aromatic heterocycles. The topological polar surface area (TPSA) is 45.5 Å². The van der Waals surface area contributed by atoms with E-state index in [1.807, 2.05) is 59.4 Å². The summed E-state index contributed by atoms with van der Waals surface area (Å²) in [5.41, 5.74) is 0.677. The summed E-state index contributed by atoms with van der Waals surface area (Å²) in [7, 11) is 1.91. The Hall–Kier alpha value is -0.845. The van der Waals surface area contributed by atoms with Crippen molar-refractivity contribution in [2.75, 3.05) is 0 Å². The van der Waals surface area contributed by atoms with Crippen LogP contribution in [0.25, 0.3) is 0 Å². The molecule has 0 saturated heterocycles. The van der Waals surface area contributed by atoms with E-state index in [4.69, 9.17) is 14.0 Å². The highest BCUT2D eigenvalue weighted by molar-refractivity contribution is 6.74. The fourth-order valence-electron chi connectivity index (χ4n) is 2.07. The van der Waals surface area contributed by atoms with Crippen LogP contribution in [-0.2, 0) is 21.0 Å². The van der Waals surface area contributed by atoms with Crippen molar-refractivity contribution in [1.29, 1.82) is 0 Å². The molecule has 0 unspecified atom stereocenters. The zero-order valence-electron chi connectivity index (χ0n) is 13.1. The number of hydrogen-bond acceptors (Lipinski definition) is 4. The maximum absolute atomic E-state index is 6.02. The van der Waals surface area contributed by atoms with Gasteiger partial charge in [0.05, 0.1) is 0 Å². The third-order valence-corrected chi connectivity index (χ3v) is 2.53. The van der Waals surface area contributed by atoms with Crippen LogP contribution in [0, 0.1) is 0 Å². The average molecular weight is 269 g/mol. The lowest BCUT2D eigenvalue weighted by atomic mass is 9.75. The molecule has 1 rings (SSSR count). The van der Waals surface area contributed by atoms with E-state index in [2.05, 4.69) is 4.98 Å². The molecular weight excluding hydrogens is 243 g/mol. The van der Waals surface area contributed by atoms with Crippen molar-refractivity contribution in [3.05, 3.63) is 12.4 Å². The molecule has 5 nitrogen and oxygen atoms in total. The maximum atomic E-state index is 6.02. The van der Waals surface area contributed by atoms with Crippen LogP contribution in [-0.4, -0.2) is 34.6 Å². The predicted molar refractivity (Wildman–Crippen MR) is 77.3 cm³/mol. The third kappa shape index (κ3) is 4.33. The van der Waals surface area contributed by atoms with E-state index < -0.39 is 6.75 Å². The summed E-state index contributed by atoms with van der Waals surface area (Å²) >= 11 is 0. The molecule has 0 aromatic carbocycles. The first-order chi connectivity index (χ1) is 8.77. The van der Waals surface area contributed by atoms with Crippen molar-refractivity contribution in [3.8, 4) is 0 Å². The van der Waals surface area contributed by atoms with Gasteiger partial charge in [-0.1, -0.05) is 0 Å². The normalized spacial score (nSPS) is 12.9. The molecule has 1 aromatic rings. The molecule has 0 aliphatic rings. The van der Waals surface area contributed by atoms with Crippen LogP contribution >= 0.6 is 0 Å². The fraction of sp³-hybridized carbons (Fsp3) is 0.769. The van der Waals surface area contributed by atoms with Gasteiger partial charge in [0, 0.05) is 43.5 Å². The molecule has 0 atom stereocenters. The summed E-state index contributed by atoms with van der Waals surface area (Å²) in [6.45, 7) is 9.74. The summed E-state index contributed by atoms with van der Waals surface area (Å²) < 4.78 is 19.9. The van der Waals surface area contributed by atoms with Gasteiger partial charge in [-0.25, -0.2) is 0 Å². The van der Waals surface area contributed by atoms with Crippen LogP contribution in [0.1, 0.15) is 41.5 Å². The fourth-order valence-corrected chi connectivity index (χ4v) is 2.07. The second-order valence-corrected chi connectivity index (χ2v) is 5.59. The lowest BCUT2D eigenvalue weighted by Crippen LogP contribution is -2.63. The van der Waals surface area contributed by atoms with E-state index >= 15 is 0 Å². The third-order valence-electron chi connectivity index (χ3n) is 2.53. The minimum Gasteiger partial charge on any atom is -0.537 e. The summed E-state index contributed by atoms with van der Waals surface area (Å²) in [6.07, 6.45) is 3.53. The van der Waals surface area contributed by atoms with Gasteiger partial charge in [-0.3, -0.25) is 4.98 Å². The molecule has 110 valence electrons. The second kappa shape index (κ2) is 6.54. The Morgan fingerprint density at radius 2 is 1.37 bits per heavy atom. The van der Waals surface area contributed by atoms with Gasteiger partial charge in [-0.05, 0) is 41.5 Å². The predicted octanol–water partition coefficient (Wildman–Crippen LogP) is 1.84. The van der Waals surface area contributed by atoms with Crippen molar-refractivity contribution >= 4 is 12.5 Å². The molecule has 0 amide bonds. The van der Waals surface area contributed by atoms with Crippen LogP contribution in [0.2, 0.25) is 0 Å². The molecule has 0 bridgehead atoms. The molecular formula is C13H26BN2O3-. The highest BCUT2D eigenvalue weighted by Gasteiger charge is 2.38. The molecule has 0 saturated carbocycles. The van der Waals surface area contributed by atoms with E-state index in [1.54, 1.807) is 6.20 Å². The molecule has 6 heteroatoms. The maximum Gasteiger partial charge on any atom is 0.444 e. The minimum absolute atomic E-state index is 0.0193. The Labute approximate surface area is 116 Å². The largest absolute Gasteiger partial charge is 0.537 e. The van der Waals surface area contributed by atoms with Gasteiger partial charge in [-0.15, -0.1) is 0 Å². The number of imidazole rings is 1. The molecule has 19 heavy (non-hydrogen) atoms. The zero-order valence-corrected chi connectivity index (χ0v) is 13.1. The quantitative estimate of drug-likeness (QED) is 0.708. The van der Waals surface area contributed by atoms with E-state index in [9.17, 15) is 0 Å². The minimum atomic E-state index is -2.05. The van der Waals surface area contributed by atoms with Crippen LogP contribution in [0.15, 0.2) is 12.4 Å². The van der Waals surface area contributed by atoms with Gasteiger partial charge in [0.15, 0.2) is 0 Å². The monoisotopic (exact) mass is 269 g/mol. The van der Waals surface area contributed by atoms with Crippen molar-refractivity contribution in [1.82, 2.24) is 9.55 Å². The van der Waals surface area contributed by atoms with Crippen molar-refractivity contribution in [2.24, 2.45) is 7.05 Å². The van der Waals surface area contributed by atoms with Crippen LogP contribution in [0.4, 0.5) is 0 Å². The van der Waals surface area contributed by atoms with E-state index in [1.165, 1.54) is 0 Å². The van der Waals surface area contributed by atoms with Gasteiger partial charge < -0.3 is 18.5 Å². The molecule has 0 radical (unpaired) electrons. The Morgan fingerprint density at radius 1 is 0.947 bits per heavy atom. The summed E-state index contributed by atoms with van der Waals surface area (Å²) in [6, 6.07) is 0. The Balaban J connectivity index is 3.20. The highest BCUT2D eigenvalue weighted by Crippen LogP contribution is 2.17. The number of aromatic nitrogens is 2. The van der Waals surface area contributed by atoms with E-state index in [0.717, 1.165) is 0 Å². The van der Waals surface area contributed by atoms with E-state index in [0.29, 0.717) is 5.72 Å². The summed E-state index contributed by atoms with van der Waals surface area (Å²) in [4.78, 5) is 4.36. The Bertz CT molecular complexity index is 364. The zero-order chi connectivity index (χ0) is 14.6. The van der Waals surface area contributed by atoms with Gasteiger partial charge in [0.25, 0.3) is 0 Å². The highest BCUT2D eigenvalue weighted by atomic mass is 16.8. The Morgan fingerprint density at radius 3 is 1.63 bits per heavy atom. The van der Waals surface area contributed by atoms with E-state index in [-0.39, 0.29) is 18.3 Å². The first kappa shape index (κ1) is 16.2. The Kier molecular flexibility index (Phi) is 5.58. The number of nitrogens with zero attached hydrogens (tertiary/aromatic N) is 2. The molecule has 0 aliphatic heterocycles. The number of aryl methyl sites for hydroxylation is 1. The lowest BCUT2D eigenvalue weighted by Gasteiger charge is -2.45. The van der Waals surface area contributed by atoms with Gasteiger partial charge in [0.2, 0.25) is 0 Å². The smallest absolute Gasteiger partial charge is 0.444 e. The van der Waals surface area contributed by atoms with Crippen molar-refractivity contribution in [2.45, 2.75) is 59.9 Å². The molecule has 0 fully saturated rings. The van der Waals surface area contributed by atoms with Gasteiger partial charge >= 0.3 is 6.75 Å². The number of hydrogen-bond donors (Lipinski definition) is 0.